The summed E-state index contributed by atoms with van der Waals surface area (Å²) in [5.41, 5.74) is 0. The molecule has 1 heterocycles. The zero-order valence-corrected chi connectivity index (χ0v) is 22.3. The second-order valence-electron chi connectivity index (χ2n) is 8.81. The minimum absolute atomic E-state index is 0.508. The third-order valence-corrected chi connectivity index (χ3v) is 9.21. The van der Waals surface area contributed by atoms with E-state index in [-0.39, 0.29) is 0 Å². The van der Waals surface area contributed by atoms with E-state index in [1.54, 1.807) is 4.90 Å². The summed E-state index contributed by atoms with van der Waals surface area (Å²) in [7, 11) is -6.91. The second kappa shape index (κ2) is 12.8. The zero-order chi connectivity index (χ0) is 29.7. The van der Waals surface area contributed by atoms with Crippen LogP contribution in [0.15, 0.2) is 41.3 Å². The fourth-order valence-corrected chi connectivity index (χ4v) is 6.38. The summed E-state index contributed by atoms with van der Waals surface area (Å²) in [4.78, 5) is 1.55. The van der Waals surface area contributed by atoms with Gasteiger partial charge in [0.15, 0.2) is 15.0 Å². The number of halogens is 9. The molecule has 0 saturated carbocycles. The van der Waals surface area contributed by atoms with Crippen LogP contribution in [0.25, 0.3) is 10.8 Å². The molecule has 0 N–H and O–H groups in total. The van der Waals surface area contributed by atoms with Gasteiger partial charge in [0.05, 0.1) is 6.61 Å². The molecular weight excluding hydrogens is 587 g/mol. The molecule has 0 atom stereocenters. The van der Waals surface area contributed by atoms with Crippen molar-refractivity contribution in [1.82, 2.24) is 0 Å². The quantitative estimate of drug-likeness (QED) is 0.120. The molecule has 1 aliphatic heterocycles. The lowest BCUT2D eigenvalue weighted by atomic mass is 10.1. The topological polar surface area (TPSA) is 66.4 Å². The van der Waals surface area contributed by atoms with Crippen LogP contribution in [0.2, 0.25) is 0 Å². The van der Waals surface area contributed by atoms with Crippen molar-refractivity contribution in [3.63, 3.8) is 0 Å². The molecule has 2 aromatic carbocycles. The van der Waals surface area contributed by atoms with Gasteiger partial charge < -0.3 is 9.29 Å². The van der Waals surface area contributed by atoms with E-state index in [0.29, 0.717) is 10.9 Å². The molecule has 1 aliphatic rings. The molecule has 4 nitrogen and oxygen atoms in total. The van der Waals surface area contributed by atoms with E-state index in [2.05, 4.69) is 43.3 Å². The van der Waals surface area contributed by atoms with Crippen molar-refractivity contribution in [2.75, 3.05) is 18.1 Å². The lowest BCUT2D eigenvalue weighted by Gasteiger charge is -2.34. The van der Waals surface area contributed by atoms with Crippen LogP contribution in [-0.2, 0) is 21.0 Å². The van der Waals surface area contributed by atoms with E-state index >= 15 is 0 Å². The largest absolute Gasteiger partial charge is 0.743 e. The summed E-state index contributed by atoms with van der Waals surface area (Å²) in [6.07, 6.45) is 0.678. The van der Waals surface area contributed by atoms with Crippen LogP contribution in [0.4, 0.5) is 39.5 Å². The van der Waals surface area contributed by atoms with Gasteiger partial charge in [0.25, 0.3) is 0 Å². The Morgan fingerprint density at radius 3 is 1.92 bits per heavy atom. The minimum atomic E-state index is -7.43. The Labute approximate surface area is 223 Å². The van der Waals surface area contributed by atoms with E-state index in [1.807, 2.05) is 0 Å². The molecule has 1 fully saturated rings. The summed E-state index contributed by atoms with van der Waals surface area (Å²) in [6.45, 7) is 3.08. The van der Waals surface area contributed by atoms with Crippen LogP contribution in [-0.4, -0.2) is 54.4 Å². The van der Waals surface area contributed by atoms with E-state index in [4.69, 9.17) is 4.74 Å². The van der Waals surface area contributed by atoms with Gasteiger partial charge in [-0.2, -0.15) is 39.5 Å². The third-order valence-electron chi connectivity index (χ3n) is 5.84. The number of rotatable bonds is 10. The molecule has 0 aromatic heterocycles. The molecule has 39 heavy (non-hydrogen) atoms. The predicted octanol–water partition coefficient (Wildman–Crippen LogP) is 7.53. The molecule has 0 bridgehead atoms. The molecule has 1 saturated heterocycles. The molecule has 2 aromatic rings. The van der Waals surface area contributed by atoms with Gasteiger partial charge in [-0.25, -0.2) is 8.42 Å². The van der Waals surface area contributed by atoms with Crippen molar-refractivity contribution < 1.29 is 57.2 Å². The maximum atomic E-state index is 12.2. The molecule has 0 spiro atoms. The molecule has 0 aliphatic carbocycles. The first-order valence-corrected chi connectivity index (χ1v) is 14.8. The fourth-order valence-electron chi connectivity index (χ4n) is 3.60. The summed E-state index contributed by atoms with van der Waals surface area (Å²) >= 11 is 0. The first-order valence-electron chi connectivity index (χ1n) is 11.9. The van der Waals surface area contributed by atoms with Crippen molar-refractivity contribution in [2.45, 2.75) is 73.6 Å². The van der Waals surface area contributed by atoms with Crippen molar-refractivity contribution in [3.05, 3.63) is 36.4 Å². The van der Waals surface area contributed by atoms with E-state index < -0.39 is 33.4 Å². The predicted molar refractivity (Wildman–Crippen MR) is 129 cm³/mol. The van der Waals surface area contributed by atoms with E-state index in [1.165, 1.54) is 54.4 Å². The maximum Gasteiger partial charge on any atom is 0.460 e. The molecular formula is C24H27F9O4S2. The number of fused-ring (bicyclic) bond motifs is 1. The second-order valence-corrected chi connectivity index (χ2v) is 12.5. The smallest absolute Gasteiger partial charge is 0.460 e. The van der Waals surface area contributed by atoms with Gasteiger partial charge >= 0.3 is 23.3 Å². The first kappa shape index (κ1) is 33.3. The number of hydrogen-bond donors (Lipinski definition) is 0. The summed E-state index contributed by atoms with van der Waals surface area (Å²) in [5.74, 6) is -11.0. The molecule has 0 radical (unpaired) electrons. The Balaban J connectivity index is 0.000000285. The molecule has 0 amide bonds. The first-order chi connectivity index (χ1) is 17.9. The van der Waals surface area contributed by atoms with Crippen LogP contribution in [0, 0.1) is 0 Å². The SMILES string of the molecule is CCCCCCOc1ccc2cc([S+]3CCCC3)ccc2c1.O=S(=O)([O-])C(F)(F)C(F)(F)C(F)(F)C(F)(F)F. The molecule has 0 unspecified atom stereocenters. The third kappa shape index (κ3) is 7.66. The highest BCUT2D eigenvalue weighted by Crippen LogP contribution is 2.54. The average molecular weight is 615 g/mol. The monoisotopic (exact) mass is 614 g/mol. The average Bonchev–Trinajstić information content (AvgIpc) is 3.37. The summed E-state index contributed by atoms with van der Waals surface area (Å²) < 4.78 is 141. The van der Waals surface area contributed by atoms with Gasteiger partial charge in [-0.05, 0) is 54.3 Å². The Morgan fingerprint density at radius 1 is 0.821 bits per heavy atom. The summed E-state index contributed by atoms with van der Waals surface area (Å²) in [5, 5.41) is -4.45. The van der Waals surface area contributed by atoms with E-state index in [9.17, 15) is 52.5 Å². The Hall–Kier alpha value is -1.87. The normalized spacial score (nSPS) is 15.8. The molecule has 15 heteroatoms. The van der Waals surface area contributed by atoms with Gasteiger partial charge in [0.1, 0.15) is 17.3 Å². The number of hydrogen-bond acceptors (Lipinski definition) is 4. The number of benzene rings is 2. The highest BCUT2D eigenvalue weighted by Gasteiger charge is 2.83. The van der Waals surface area contributed by atoms with Crippen molar-refractivity contribution in [3.8, 4) is 5.75 Å². The van der Waals surface area contributed by atoms with Crippen LogP contribution in [0.5, 0.6) is 5.75 Å². The van der Waals surface area contributed by atoms with Gasteiger partial charge in [0, 0.05) is 17.0 Å². The highest BCUT2D eigenvalue weighted by molar-refractivity contribution is 7.97. The van der Waals surface area contributed by atoms with Crippen molar-refractivity contribution >= 4 is 31.8 Å². The van der Waals surface area contributed by atoms with Crippen LogP contribution in [0.3, 0.4) is 0 Å². The summed E-state index contributed by atoms with van der Waals surface area (Å²) in [6, 6.07) is 13.6. The minimum Gasteiger partial charge on any atom is -0.743 e. The van der Waals surface area contributed by atoms with Gasteiger partial charge in [-0.3, -0.25) is 0 Å². The van der Waals surface area contributed by atoms with Crippen LogP contribution >= 0.6 is 0 Å². The fraction of sp³-hybridized carbons (Fsp3) is 0.583. The standard InChI is InChI=1S/C20H27OS.C4HF9O3S/c1-2-3-4-5-12-21-19-10-8-18-16-20(11-9-17(18)15-19)22-13-6-7-14-22;5-1(6,3(9,10)11)2(7,8)4(12,13)17(14,15)16/h8-11,15-16H,2-7,12-14H2,1H3;(H,14,15,16)/q+1;/p-1. The molecule has 222 valence electrons. The van der Waals surface area contributed by atoms with Gasteiger partial charge in [-0.15, -0.1) is 0 Å². The Bertz CT molecular complexity index is 1200. The van der Waals surface area contributed by atoms with Crippen LogP contribution < -0.4 is 4.74 Å². The number of unbranched alkanes of at least 4 members (excludes halogenated alkanes) is 3. The zero-order valence-electron chi connectivity index (χ0n) is 20.7. The Kier molecular flexibility index (Phi) is 10.9. The highest BCUT2D eigenvalue weighted by atomic mass is 32.2. The molecule has 3 rings (SSSR count). The Morgan fingerprint density at radius 2 is 1.38 bits per heavy atom. The van der Waals surface area contributed by atoms with E-state index in [0.717, 1.165) is 18.8 Å². The van der Waals surface area contributed by atoms with Crippen molar-refractivity contribution in [1.29, 1.82) is 0 Å². The van der Waals surface area contributed by atoms with Crippen LogP contribution in [0.1, 0.15) is 45.4 Å². The number of ether oxygens (including phenoxy) is 1. The number of alkyl halides is 9. The van der Waals surface area contributed by atoms with Gasteiger partial charge in [0.2, 0.25) is 0 Å². The lowest BCUT2D eigenvalue weighted by Crippen LogP contribution is -2.63. The van der Waals surface area contributed by atoms with Crippen molar-refractivity contribution in [2.24, 2.45) is 0 Å². The van der Waals surface area contributed by atoms with Gasteiger partial charge in [-0.1, -0.05) is 32.3 Å². The lowest BCUT2D eigenvalue weighted by molar-refractivity contribution is -0.382. The maximum absolute atomic E-state index is 12.2.